The molecule has 2 aliphatic heterocycles. The van der Waals surface area contributed by atoms with Gasteiger partial charge in [-0.2, -0.15) is 4.31 Å². The number of aromatic nitrogens is 1. The first-order valence-electron chi connectivity index (χ1n) is 13.3. The highest BCUT2D eigenvalue weighted by Gasteiger charge is 2.38. The van der Waals surface area contributed by atoms with Crippen LogP contribution in [0.15, 0.2) is 59.6 Å². The van der Waals surface area contributed by atoms with Crippen LogP contribution in [0.4, 0.5) is 0 Å². The number of carbonyl (C=O) groups is 1. The van der Waals surface area contributed by atoms with Gasteiger partial charge in [-0.1, -0.05) is 30.3 Å². The number of amides is 1. The van der Waals surface area contributed by atoms with Crippen LogP contribution in [0, 0.1) is 0 Å². The van der Waals surface area contributed by atoms with E-state index in [-0.39, 0.29) is 34.8 Å². The molecule has 2 aliphatic rings. The van der Waals surface area contributed by atoms with Crippen molar-refractivity contribution in [3.63, 3.8) is 0 Å². The van der Waals surface area contributed by atoms with Gasteiger partial charge in [0.05, 0.1) is 18.2 Å². The Kier molecular flexibility index (Phi) is 7.44. The summed E-state index contributed by atoms with van der Waals surface area (Å²) >= 11 is 0. The molecule has 1 saturated heterocycles. The van der Waals surface area contributed by atoms with Crippen molar-refractivity contribution in [3.8, 4) is 5.75 Å². The van der Waals surface area contributed by atoms with Gasteiger partial charge in [0.1, 0.15) is 10.6 Å². The second kappa shape index (κ2) is 10.6. The lowest BCUT2D eigenvalue weighted by Gasteiger charge is -2.29. The van der Waals surface area contributed by atoms with Crippen molar-refractivity contribution in [2.24, 2.45) is 0 Å². The molecule has 5 rings (SSSR count). The summed E-state index contributed by atoms with van der Waals surface area (Å²) in [4.78, 5) is 17.7. The number of hydrogen-bond donors (Lipinski definition) is 2. The Morgan fingerprint density at radius 3 is 2.76 bits per heavy atom. The molecule has 0 aliphatic carbocycles. The normalized spacial score (nSPS) is 20.2. The first-order valence-corrected chi connectivity index (χ1v) is 14.7. The van der Waals surface area contributed by atoms with Crippen molar-refractivity contribution >= 4 is 26.8 Å². The number of pyridine rings is 1. The summed E-state index contributed by atoms with van der Waals surface area (Å²) in [5, 5.41) is 7.41. The fraction of sp³-hybridized carbons (Fsp3) is 0.448. The van der Waals surface area contributed by atoms with E-state index >= 15 is 0 Å². The molecule has 3 aromatic rings. The van der Waals surface area contributed by atoms with Gasteiger partial charge in [-0.15, -0.1) is 0 Å². The molecule has 3 heterocycles. The molecule has 1 aromatic heterocycles. The van der Waals surface area contributed by atoms with E-state index in [4.69, 9.17) is 4.74 Å². The van der Waals surface area contributed by atoms with Crippen LogP contribution >= 0.6 is 0 Å². The quantitative estimate of drug-likeness (QED) is 0.467. The lowest BCUT2D eigenvalue weighted by atomic mass is 9.98. The van der Waals surface area contributed by atoms with Gasteiger partial charge in [0.15, 0.2) is 0 Å². The SMILES string of the molecule is CC(C)(C)NCc1ccc2c(c1)OCC[C@H]2NC(=O)C[C@@H]1CCCN1S(=O)(=O)c1cccc2cccnc12. The van der Waals surface area contributed by atoms with Gasteiger partial charge in [-0.3, -0.25) is 9.78 Å². The summed E-state index contributed by atoms with van der Waals surface area (Å²) in [6.45, 7) is 8.03. The fourth-order valence-electron chi connectivity index (χ4n) is 5.27. The van der Waals surface area contributed by atoms with Crippen molar-refractivity contribution in [2.75, 3.05) is 13.2 Å². The van der Waals surface area contributed by atoms with E-state index in [2.05, 4.69) is 42.5 Å². The van der Waals surface area contributed by atoms with Crippen molar-refractivity contribution in [1.29, 1.82) is 0 Å². The minimum absolute atomic E-state index is 0.0129. The molecule has 2 atom stereocenters. The maximum Gasteiger partial charge on any atom is 0.245 e. The first kappa shape index (κ1) is 26.6. The molecule has 0 radical (unpaired) electrons. The maximum atomic E-state index is 13.7. The number of ether oxygens (including phenoxy) is 1. The molecule has 8 nitrogen and oxygen atoms in total. The predicted octanol–water partition coefficient (Wildman–Crippen LogP) is 4.31. The smallest absolute Gasteiger partial charge is 0.245 e. The standard InChI is InChI=1S/C29H36N4O4S/c1-29(2,3)31-19-20-11-12-23-24(13-16-37-25(23)17-20)32-27(34)18-22-9-6-15-33(22)38(35,36)26-10-4-7-21-8-5-14-30-28(21)26/h4-5,7-8,10-12,14,17,22,24,31H,6,9,13,15-16,18-19H2,1-3H3,(H,32,34)/t22-,24+/m0/s1. The molecule has 38 heavy (non-hydrogen) atoms. The van der Waals surface area contributed by atoms with Crippen molar-refractivity contribution < 1.29 is 17.9 Å². The van der Waals surface area contributed by atoms with Crippen LogP contribution in [-0.4, -0.2) is 48.3 Å². The number of hydrogen-bond acceptors (Lipinski definition) is 6. The van der Waals surface area contributed by atoms with Gasteiger partial charge in [0.2, 0.25) is 15.9 Å². The Labute approximate surface area is 224 Å². The Balaban J connectivity index is 1.28. The van der Waals surface area contributed by atoms with E-state index in [1.807, 2.05) is 24.3 Å². The Morgan fingerprint density at radius 1 is 1.13 bits per heavy atom. The molecule has 2 N–H and O–H groups in total. The van der Waals surface area contributed by atoms with Crippen LogP contribution in [0.5, 0.6) is 5.75 Å². The van der Waals surface area contributed by atoms with Crippen LogP contribution in [0.1, 0.15) is 63.6 Å². The maximum absolute atomic E-state index is 13.7. The second-order valence-corrected chi connectivity index (χ2v) is 13.0. The van der Waals surface area contributed by atoms with E-state index < -0.39 is 10.0 Å². The number of sulfonamides is 1. The number of fused-ring (bicyclic) bond motifs is 2. The number of benzene rings is 2. The Bertz CT molecular complexity index is 1430. The third-order valence-electron chi connectivity index (χ3n) is 7.20. The Hall–Kier alpha value is -3.01. The number of carbonyl (C=O) groups excluding carboxylic acids is 1. The average molecular weight is 537 g/mol. The van der Waals surface area contributed by atoms with Gasteiger partial charge < -0.3 is 15.4 Å². The summed E-state index contributed by atoms with van der Waals surface area (Å²) in [6.07, 6.45) is 3.77. The first-order chi connectivity index (χ1) is 18.1. The zero-order valence-electron chi connectivity index (χ0n) is 22.2. The molecule has 1 fully saturated rings. The largest absolute Gasteiger partial charge is 0.493 e. The summed E-state index contributed by atoms with van der Waals surface area (Å²) in [6, 6.07) is 14.4. The molecular weight excluding hydrogens is 500 g/mol. The van der Waals surface area contributed by atoms with Crippen LogP contribution in [0.3, 0.4) is 0 Å². The van der Waals surface area contributed by atoms with Gasteiger partial charge in [0.25, 0.3) is 0 Å². The lowest BCUT2D eigenvalue weighted by Crippen LogP contribution is -2.40. The Morgan fingerprint density at radius 2 is 1.95 bits per heavy atom. The highest BCUT2D eigenvalue weighted by molar-refractivity contribution is 7.89. The molecule has 0 bridgehead atoms. The summed E-state index contributed by atoms with van der Waals surface area (Å²) in [5.74, 6) is 0.646. The van der Waals surface area contributed by atoms with Crippen molar-refractivity contribution in [1.82, 2.24) is 19.9 Å². The van der Waals surface area contributed by atoms with Gasteiger partial charge in [-0.05, 0) is 57.4 Å². The molecule has 0 saturated carbocycles. The third kappa shape index (κ3) is 5.70. The van der Waals surface area contributed by atoms with Gasteiger partial charge >= 0.3 is 0 Å². The molecule has 2 aromatic carbocycles. The number of nitrogens with one attached hydrogen (secondary N) is 2. The van der Waals surface area contributed by atoms with E-state index in [1.165, 1.54) is 4.31 Å². The monoisotopic (exact) mass is 536 g/mol. The van der Waals surface area contributed by atoms with Crippen LogP contribution < -0.4 is 15.4 Å². The van der Waals surface area contributed by atoms with Crippen LogP contribution in [0.2, 0.25) is 0 Å². The summed E-state index contributed by atoms with van der Waals surface area (Å²) in [7, 11) is -3.80. The van der Waals surface area contributed by atoms with Crippen molar-refractivity contribution in [2.45, 2.75) is 75.5 Å². The molecule has 0 unspecified atom stereocenters. The number of para-hydroxylation sites is 1. The highest BCUT2D eigenvalue weighted by Crippen LogP contribution is 2.34. The number of nitrogens with zero attached hydrogens (tertiary/aromatic N) is 2. The molecule has 1 amide bonds. The summed E-state index contributed by atoms with van der Waals surface area (Å²) < 4.78 is 34.8. The molecule has 9 heteroatoms. The molecule has 0 spiro atoms. The second-order valence-electron chi connectivity index (χ2n) is 11.2. The van der Waals surface area contributed by atoms with E-state index in [9.17, 15) is 13.2 Å². The van der Waals surface area contributed by atoms with Gasteiger partial charge in [0, 0.05) is 54.7 Å². The molecule has 202 valence electrons. The highest BCUT2D eigenvalue weighted by atomic mass is 32.2. The number of rotatable bonds is 7. The third-order valence-corrected chi connectivity index (χ3v) is 9.19. The van der Waals surface area contributed by atoms with E-state index in [1.54, 1.807) is 24.4 Å². The minimum Gasteiger partial charge on any atom is -0.493 e. The topological polar surface area (TPSA) is 101 Å². The van der Waals surface area contributed by atoms with E-state index in [0.29, 0.717) is 31.5 Å². The van der Waals surface area contributed by atoms with Crippen LogP contribution in [0.25, 0.3) is 10.9 Å². The molecular formula is C29H36N4O4S. The average Bonchev–Trinajstić information content (AvgIpc) is 3.35. The predicted molar refractivity (Wildman–Crippen MR) is 147 cm³/mol. The van der Waals surface area contributed by atoms with Crippen molar-refractivity contribution in [3.05, 3.63) is 65.9 Å². The van der Waals surface area contributed by atoms with E-state index in [0.717, 1.165) is 35.2 Å². The summed E-state index contributed by atoms with van der Waals surface area (Å²) in [5.41, 5.74) is 2.56. The van der Waals surface area contributed by atoms with Gasteiger partial charge in [-0.25, -0.2) is 8.42 Å². The fourth-order valence-corrected chi connectivity index (χ4v) is 7.13. The zero-order valence-corrected chi connectivity index (χ0v) is 23.1. The van der Waals surface area contributed by atoms with Crippen LogP contribution in [-0.2, 0) is 21.4 Å². The lowest BCUT2D eigenvalue weighted by molar-refractivity contribution is -0.122. The zero-order chi connectivity index (χ0) is 26.9. The minimum atomic E-state index is -3.80.